The molecule has 4 rings (SSSR count). The Morgan fingerprint density at radius 3 is 1.97 bits per heavy atom. The van der Waals surface area contributed by atoms with Crippen molar-refractivity contribution in [1.82, 2.24) is 10.6 Å². The minimum Gasteiger partial charge on any atom is -0.453 e. The number of ether oxygens (including phenoxy) is 2. The van der Waals surface area contributed by atoms with Crippen LogP contribution < -0.4 is 10.6 Å². The average Bonchev–Trinajstić information content (AvgIpc) is 3.20. The first-order valence-electron chi connectivity index (χ1n) is 11.5. The summed E-state index contributed by atoms with van der Waals surface area (Å²) >= 11 is 0. The first-order valence-corrected chi connectivity index (χ1v) is 11.5. The molecule has 0 aliphatic heterocycles. The summed E-state index contributed by atoms with van der Waals surface area (Å²) in [6.45, 7) is 2.00. The summed E-state index contributed by atoms with van der Waals surface area (Å²) in [4.78, 5) is 35.6. The molecule has 0 aromatic heterocycles. The van der Waals surface area contributed by atoms with E-state index in [4.69, 9.17) is 4.74 Å². The van der Waals surface area contributed by atoms with Crippen molar-refractivity contribution in [1.29, 1.82) is 0 Å². The summed E-state index contributed by atoms with van der Waals surface area (Å²) in [6.07, 6.45) is -0.770. The number of nitrogens with one attached hydrogen (secondary N) is 2. The molecule has 0 saturated carbocycles. The molecule has 7 heteroatoms. The monoisotopic (exact) mass is 472 g/mol. The molecule has 3 aromatic rings. The Morgan fingerprint density at radius 1 is 0.829 bits per heavy atom. The molecule has 0 bridgehead atoms. The number of benzene rings is 3. The maximum atomic E-state index is 12.4. The highest BCUT2D eigenvalue weighted by atomic mass is 16.5. The van der Waals surface area contributed by atoms with Crippen molar-refractivity contribution >= 4 is 18.0 Å². The van der Waals surface area contributed by atoms with Crippen molar-refractivity contribution < 1.29 is 23.9 Å². The van der Waals surface area contributed by atoms with Crippen LogP contribution in [0.5, 0.6) is 0 Å². The minimum atomic E-state index is -0.660. The van der Waals surface area contributed by atoms with Gasteiger partial charge in [-0.15, -0.1) is 0 Å². The molecule has 0 unspecified atom stereocenters. The predicted octanol–water partition coefficient (Wildman–Crippen LogP) is 4.58. The number of alkyl carbamates (subject to hydrolysis) is 2. The van der Waals surface area contributed by atoms with Crippen LogP contribution in [0.3, 0.4) is 0 Å². The zero-order valence-electron chi connectivity index (χ0n) is 19.7. The average molecular weight is 473 g/mol. The molecular weight excluding hydrogens is 444 g/mol. The van der Waals surface area contributed by atoms with Gasteiger partial charge in [0.15, 0.2) is 5.78 Å². The molecule has 1 aliphatic carbocycles. The fraction of sp³-hybridized carbons (Fsp3) is 0.250. The summed E-state index contributed by atoms with van der Waals surface area (Å²) in [5, 5.41) is 5.33. The smallest absolute Gasteiger partial charge is 0.407 e. The van der Waals surface area contributed by atoms with Crippen molar-refractivity contribution in [3.05, 3.63) is 95.1 Å². The van der Waals surface area contributed by atoms with Gasteiger partial charge in [-0.25, -0.2) is 9.59 Å². The molecule has 3 aromatic carbocycles. The SMILES string of the molecule is COC(=O)N[C@@H](Cc1ccc(CNC(=O)OCC2c3ccccc3-c3ccccc32)cc1)C(C)=O. The van der Waals surface area contributed by atoms with Crippen molar-refractivity contribution in [2.75, 3.05) is 13.7 Å². The van der Waals surface area contributed by atoms with E-state index in [0.717, 1.165) is 11.1 Å². The highest BCUT2D eigenvalue weighted by Crippen LogP contribution is 2.44. The number of carbonyl (C=O) groups excluding carboxylic acids is 3. The van der Waals surface area contributed by atoms with Gasteiger partial charge in [-0.1, -0.05) is 72.8 Å². The van der Waals surface area contributed by atoms with Crippen LogP contribution in [0.1, 0.15) is 35.1 Å². The van der Waals surface area contributed by atoms with E-state index < -0.39 is 18.2 Å². The molecule has 1 aliphatic rings. The molecule has 7 nitrogen and oxygen atoms in total. The lowest BCUT2D eigenvalue weighted by atomic mass is 9.98. The maximum Gasteiger partial charge on any atom is 0.407 e. The van der Waals surface area contributed by atoms with E-state index >= 15 is 0 Å². The molecule has 180 valence electrons. The highest BCUT2D eigenvalue weighted by molar-refractivity contribution is 5.85. The van der Waals surface area contributed by atoms with E-state index in [2.05, 4.69) is 39.6 Å². The molecule has 35 heavy (non-hydrogen) atoms. The molecule has 0 fully saturated rings. The Morgan fingerprint density at radius 2 is 1.40 bits per heavy atom. The number of hydrogen-bond acceptors (Lipinski definition) is 5. The van der Waals surface area contributed by atoms with Gasteiger partial charge in [0.2, 0.25) is 0 Å². The van der Waals surface area contributed by atoms with Crippen LogP contribution >= 0.6 is 0 Å². The van der Waals surface area contributed by atoms with E-state index in [1.165, 1.54) is 36.3 Å². The molecule has 2 amide bonds. The molecular formula is C28H28N2O5. The topological polar surface area (TPSA) is 93.7 Å². The number of amides is 2. The van der Waals surface area contributed by atoms with E-state index in [9.17, 15) is 14.4 Å². The van der Waals surface area contributed by atoms with Gasteiger partial charge in [0.1, 0.15) is 6.61 Å². The Balaban J connectivity index is 1.29. The lowest BCUT2D eigenvalue weighted by Gasteiger charge is -2.16. The van der Waals surface area contributed by atoms with E-state index in [1.807, 2.05) is 48.5 Å². The third kappa shape index (κ3) is 5.69. The standard InChI is InChI=1S/C28H28N2O5/c1-18(31)26(30-28(33)34-2)15-19-11-13-20(14-12-19)16-29-27(32)35-17-25-23-9-5-3-7-21(23)22-8-4-6-10-24(22)25/h3-14,25-26H,15-17H2,1-2H3,(H,29,32)(H,30,33)/t26-/m0/s1. The van der Waals surface area contributed by atoms with Crippen molar-refractivity contribution in [3.63, 3.8) is 0 Å². The van der Waals surface area contributed by atoms with E-state index in [1.54, 1.807) is 0 Å². The van der Waals surface area contributed by atoms with E-state index in [-0.39, 0.29) is 18.3 Å². The number of methoxy groups -OCH3 is 1. The number of fused-ring (bicyclic) bond motifs is 3. The predicted molar refractivity (Wildman–Crippen MR) is 132 cm³/mol. The number of hydrogen-bond donors (Lipinski definition) is 2. The van der Waals surface area contributed by atoms with Gasteiger partial charge in [0, 0.05) is 12.5 Å². The highest BCUT2D eigenvalue weighted by Gasteiger charge is 2.29. The van der Waals surface area contributed by atoms with Gasteiger partial charge < -0.3 is 20.1 Å². The summed E-state index contributed by atoms with van der Waals surface area (Å²) in [7, 11) is 1.25. The zero-order valence-corrected chi connectivity index (χ0v) is 19.7. The molecule has 0 heterocycles. The van der Waals surface area contributed by atoms with Gasteiger partial charge in [-0.05, 0) is 46.7 Å². The van der Waals surface area contributed by atoms with Gasteiger partial charge >= 0.3 is 12.2 Å². The van der Waals surface area contributed by atoms with Gasteiger partial charge in [-0.3, -0.25) is 4.79 Å². The number of Topliss-reactive ketones (excluding diaryl/α,β-unsaturated/α-hetero) is 1. The third-order valence-electron chi connectivity index (χ3n) is 6.21. The number of carbonyl (C=O) groups is 3. The fourth-order valence-electron chi connectivity index (χ4n) is 4.35. The quantitative estimate of drug-likeness (QED) is 0.501. The molecule has 2 N–H and O–H groups in total. The van der Waals surface area contributed by atoms with Gasteiger partial charge in [0.25, 0.3) is 0 Å². The minimum absolute atomic E-state index is 0.0141. The van der Waals surface area contributed by atoms with Gasteiger partial charge in [0.05, 0.1) is 13.2 Å². The summed E-state index contributed by atoms with van der Waals surface area (Å²) in [5.41, 5.74) is 6.48. The first-order chi connectivity index (χ1) is 17.0. The Bertz CT molecular complexity index is 1180. The summed E-state index contributed by atoms with van der Waals surface area (Å²) < 4.78 is 10.1. The second-order valence-corrected chi connectivity index (χ2v) is 8.50. The van der Waals surface area contributed by atoms with Crippen LogP contribution in [0.2, 0.25) is 0 Å². The van der Waals surface area contributed by atoms with Crippen LogP contribution in [0.4, 0.5) is 9.59 Å². The first kappa shape index (κ1) is 24.0. The van der Waals surface area contributed by atoms with Gasteiger partial charge in [-0.2, -0.15) is 0 Å². The second-order valence-electron chi connectivity index (χ2n) is 8.50. The molecule has 0 spiro atoms. The van der Waals surface area contributed by atoms with Crippen molar-refractivity contribution in [3.8, 4) is 11.1 Å². The van der Waals surface area contributed by atoms with Crippen molar-refractivity contribution in [2.45, 2.75) is 31.8 Å². The van der Waals surface area contributed by atoms with Crippen LogP contribution in [-0.2, 0) is 27.2 Å². The molecule has 0 saturated heterocycles. The molecule has 1 atom stereocenters. The van der Waals surface area contributed by atoms with Crippen molar-refractivity contribution in [2.24, 2.45) is 0 Å². The van der Waals surface area contributed by atoms with Crippen LogP contribution in [0, 0.1) is 0 Å². The summed E-state index contributed by atoms with van der Waals surface area (Å²) in [5.74, 6) is -0.142. The number of rotatable bonds is 8. The number of ketones is 1. The third-order valence-corrected chi connectivity index (χ3v) is 6.21. The Labute approximate surface area is 204 Å². The maximum absolute atomic E-state index is 12.4. The fourth-order valence-corrected chi connectivity index (χ4v) is 4.35. The van der Waals surface area contributed by atoms with Crippen LogP contribution in [-0.4, -0.2) is 37.7 Å². The normalized spacial score (nSPS) is 12.7. The zero-order chi connectivity index (χ0) is 24.8. The van der Waals surface area contributed by atoms with Crippen LogP contribution in [0.15, 0.2) is 72.8 Å². The van der Waals surface area contributed by atoms with E-state index in [0.29, 0.717) is 13.0 Å². The lowest BCUT2D eigenvalue weighted by Crippen LogP contribution is -2.41. The Kier molecular flexibility index (Phi) is 7.45. The summed E-state index contributed by atoms with van der Waals surface area (Å²) in [6, 6.07) is 23.2. The largest absolute Gasteiger partial charge is 0.453 e. The van der Waals surface area contributed by atoms with Crippen LogP contribution in [0.25, 0.3) is 11.1 Å². The molecule has 0 radical (unpaired) electrons. The Hall–Kier alpha value is -4.13. The lowest BCUT2D eigenvalue weighted by molar-refractivity contribution is -0.118. The second kappa shape index (κ2) is 10.9.